The highest BCUT2D eigenvalue weighted by Crippen LogP contribution is 2.17. The van der Waals surface area contributed by atoms with Crippen LogP contribution in [0.5, 0.6) is 0 Å². The van der Waals surface area contributed by atoms with Crippen LogP contribution in [0.3, 0.4) is 0 Å². The van der Waals surface area contributed by atoms with Gasteiger partial charge in [0, 0.05) is 31.3 Å². The van der Waals surface area contributed by atoms with Crippen molar-refractivity contribution in [2.45, 2.75) is 19.9 Å². The second-order valence-electron chi connectivity index (χ2n) is 4.01. The van der Waals surface area contributed by atoms with Crippen molar-refractivity contribution in [1.82, 2.24) is 25.1 Å². The lowest BCUT2D eigenvalue weighted by molar-refractivity contribution is 0.616. The Morgan fingerprint density at radius 3 is 3.12 bits per heavy atom. The van der Waals surface area contributed by atoms with Crippen LogP contribution in [0.25, 0.3) is 5.82 Å². The second-order valence-corrected chi connectivity index (χ2v) is 4.01. The first-order valence-corrected chi connectivity index (χ1v) is 5.40. The van der Waals surface area contributed by atoms with Crippen LogP contribution in [0.1, 0.15) is 16.8 Å². The molecule has 82 valence electrons. The van der Waals surface area contributed by atoms with E-state index >= 15 is 0 Å². The Kier molecular flexibility index (Phi) is 2.18. The van der Waals surface area contributed by atoms with Gasteiger partial charge in [0.05, 0.1) is 11.9 Å². The third kappa shape index (κ3) is 1.49. The number of rotatable bonds is 1. The van der Waals surface area contributed by atoms with E-state index < -0.39 is 0 Å². The zero-order valence-corrected chi connectivity index (χ0v) is 9.14. The second kappa shape index (κ2) is 3.68. The van der Waals surface area contributed by atoms with Crippen LogP contribution < -0.4 is 5.32 Å². The lowest BCUT2D eigenvalue weighted by atomic mass is 10.1. The minimum atomic E-state index is 0.824. The van der Waals surface area contributed by atoms with E-state index in [0.717, 1.165) is 42.1 Å². The van der Waals surface area contributed by atoms with Crippen LogP contribution in [0.15, 0.2) is 18.7 Å². The van der Waals surface area contributed by atoms with Gasteiger partial charge in [0.2, 0.25) is 0 Å². The van der Waals surface area contributed by atoms with Crippen LogP contribution in [0.2, 0.25) is 0 Å². The highest BCUT2D eigenvalue weighted by molar-refractivity contribution is 5.37. The number of hydrogen-bond acceptors (Lipinski definition) is 4. The summed E-state index contributed by atoms with van der Waals surface area (Å²) in [6.45, 7) is 3.83. The summed E-state index contributed by atoms with van der Waals surface area (Å²) >= 11 is 0. The van der Waals surface area contributed by atoms with Gasteiger partial charge in [-0.3, -0.25) is 0 Å². The molecule has 5 nitrogen and oxygen atoms in total. The van der Waals surface area contributed by atoms with E-state index in [1.165, 1.54) is 0 Å². The Labute approximate surface area is 93.5 Å². The molecular weight excluding hydrogens is 202 g/mol. The predicted molar refractivity (Wildman–Crippen MR) is 59.3 cm³/mol. The van der Waals surface area contributed by atoms with Gasteiger partial charge in [0.25, 0.3) is 0 Å². The molecule has 0 saturated heterocycles. The Hall–Kier alpha value is -1.75. The van der Waals surface area contributed by atoms with Crippen LogP contribution >= 0.6 is 0 Å². The minimum absolute atomic E-state index is 0.824. The molecule has 0 unspecified atom stereocenters. The van der Waals surface area contributed by atoms with Crippen LogP contribution in [-0.4, -0.2) is 26.3 Å². The number of nitrogens with one attached hydrogen (secondary N) is 1. The zero-order chi connectivity index (χ0) is 11.0. The van der Waals surface area contributed by atoms with Gasteiger partial charge in [-0.25, -0.2) is 14.6 Å². The van der Waals surface area contributed by atoms with Gasteiger partial charge in [-0.15, -0.1) is 0 Å². The molecule has 3 rings (SSSR count). The maximum atomic E-state index is 4.32. The average Bonchev–Trinajstić information content (AvgIpc) is 2.75. The highest BCUT2D eigenvalue weighted by Gasteiger charge is 2.16. The highest BCUT2D eigenvalue weighted by atomic mass is 15.3. The van der Waals surface area contributed by atoms with Gasteiger partial charge in [0.1, 0.15) is 6.33 Å². The summed E-state index contributed by atoms with van der Waals surface area (Å²) in [7, 11) is 0. The average molecular weight is 215 g/mol. The van der Waals surface area contributed by atoms with Crippen molar-refractivity contribution in [2.75, 3.05) is 6.54 Å². The number of fused-ring (bicyclic) bond motifs is 1. The molecule has 0 bridgehead atoms. The summed E-state index contributed by atoms with van der Waals surface area (Å²) in [5, 5.41) is 7.63. The van der Waals surface area contributed by atoms with Crippen molar-refractivity contribution in [1.29, 1.82) is 0 Å². The first kappa shape index (κ1) is 9.47. The first-order chi connectivity index (χ1) is 7.84. The van der Waals surface area contributed by atoms with E-state index in [2.05, 4.69) is 20.4 Å². The molecule has 2 aromatic heterocycles. The van der Waals surface area contributed by atoms with Crippen molar-refractivity contribution in [3.05, 3.63) is 35.5 Å². The third-order valence-corrected chi connectivity index (χ3v) is 2.78. The van der Waals surface area contributed by atoms with Gasteiger partial charge < -0.3 is 5.32 Å². The molecule has 0 atom stereocenters. The van der Waals surface area contributed by atoms with E-state index in [1.807, 2.05) is 24.0 Å². The lowest BCUT2D eigenvalue weighted by Crippen LogP contribution is -2.26. The fourth-order valence-electron chi connectivity index (χ4n) is 1.98. The van der Waals surface area contributed by atoms with Crippen LogP contribution in [0.4, 0.5) is 0 Å². The maximum absolute atomic E-state index is 4.32. The van der Waals surface area contributed by atoms with E-state index in [-0.39, 0.29) is 0 Å². The molecule has 5 heteroatoms. The largest absolute Gasteiger partial charge is 0.312 e. The molecule has 1 N–H and O–H groups in total. The molecule has 2 aromatic rings. The predicted octanol–water partition coefficient (Wildman–Crippen LogP) is 0.616. The quantitative estimate of drug-likeness (QED) is 0.757. The van der Waals surface area contributed by atoms with Gasteiger partial charge in [-0.2, -0.15) is 5.10 Å². The van der Waals surface area contributed by atoms with Gasteiger partial charge >= 0.3 is 0 Å². The van der Waals surface area contributed by atoms with E-state index in [0.29, 0.717) is 0 Å². The fourth-order valence-corrected chi connectivity index (χ4v) is 1.98. The third-order valence-electron chi connectivity index (χ3n) is 2.78. The van der Waals surface area contributed by atoms with Crippen molar-refractivity contribution in [2.24, 2.45) is 0 Å². The van der Waals surface area contributed by atoms with Crippen molar-refractivity contribution in [3.63, 3.8) is 0 Å². The summed E-state index contributed by atoms with van der Waals surface area (Å²) in [4.78, 5) is 8.64. The molecule has 16 heavy (non-hydrogen) atoms. The maximum Gasteiger partial charge on any atom is 0.161 e. The number of aromatic nitrogens is 4. The fraction of sp³-hybridized carbons (Fsp3) is 0.364. The summed E-state index contributed by atoms with van der Waals surface area (Å²) in [5.74, 6) is 0.894. The minimum Gasteiger partial charge on any atom is -0.312 e. The molecule has 3 heterocycles. The Morgan fingerprint density at radius 2 is 2.31 bits per heavy atom. The topological polar surface area (TPSA) is 55.6 Å². The standard InChI is InChI=1S/C11H13N5/c1-8-4-15-16(6-8)11-9-5-12-3-2-10(9)13-7-14-11/h4,6-7,12H,2-3,5H2,1H3. The number of nitrogens with zero attached hydrogens (tertiary/aromatic N) is 4. The van der Waals surface area contributed by atoms with Gasteiger partial charge in [-0.1, -0.05) is 0 Å². The Balaban J connectivity index is 2.13. The molecule has 0 fully saturated rings. The molecule has 0 aliphatic carbocycles. The van der Waals surface area contributed by atoms with E-state index in [9.17, 15) is 0 Å². The smallest absolute Gasteiger partial charge is 0.161 e. The molecule has 0 radical (unpaired) electrons. The van der Waals surface area contributed by atoms with E-state index in [4.69, 9.17) is 0 Å². The SMILES string of the molecule is Cc1cnn(-c2ncnc3c2CNCC3)c1. The van der Waals surface area contributed by atoms with Crippen molar-refractivity contribution < 1.29 is 0 Å². The van der Waals surface area contributed by atoms with Crippen molar-refractivity contribution >= 4 is 0 Å². The Bertz CT molecular complexity index is 517. The number of hydrogen-bond donors (Lipinski definition) is 1. The molecule has 0 saturated carbocycles. The van der Waals surface area contributed by atoms with Gasteiger partial charge in [0.15, 0.2) is 5.82 Å². The van der Waals surface area contributed by atoms with Crippen molar-refractivity contribution in [3.8, 4) is 5.82 Å². The summed E-state index contributed by atoms with van der Waals surface area (Å²) in [5.41, 5.74) is 3.44. The zero-order valence-electron chi connectivity index (χ0n) is 9.14. The first-order valence-electron chi connectivity index (χ1n) is 5.40. The number of aryl methyl sites for hydroxylation is 1. The van der Waals surface area contributed by atoms with Gasteiger partial charge in [-0.05, 0) is 12.5 Å². The lowest BCUT2D eigenvalue weighted by Gasteiger charge is -2.17. The molecule has 0 spiro atoms. The molecular formula is C11H13N5. The molecule has 0 amide bonds. The van der Waals surface area contributed by atoms with E-state index in [1.54, 1.807) is 6.33 Å². The monoisotopic (exact) mass is 215 g/mol. The molecule has 0 aromatic carbocycles. The van der Waals surface area contributed by atoms with Crippen LogP contribution in [0, 0.1) is 6.92 Å². The molecule has 1 aliphatic heterocycles. The normalized spacial score (nSPS) is 14.8. The Morgan fingerprint density at radius 1 is 1.38 bits per heavy atom. The summed E-state index contributed by atoms with van der Waals surface area (Å²) < 4.78 is 1.82. The van der Waals surface area contributed by atoms with Crippen LogP contribution in [-0.2, 0) is 13.0 Å². The summed E-state index contributed by atoms with van der Waals surface area (Å²) in [6.07, 6.45) is 6.41. The summed E-state index contributed by atoms with van der Waals surface area (Å²) in [6, 6.07) is 0. The molecule has 1 aliphatic rings.